The molecule has 0 amide bonds. The summed E-state index contributed by atoms with van der Waals surface area (Å²) < 4.78 is 1.89. The molecule has 0 spiro atoms. The van der Waals surface area contributed by atoms with E-state index in [1.165, 1.54) is 0 Å². The van der Waals surface area contributed by atoms with E-state index in [1.54, 1.807) is 36.7 Å². The fraction of sp³-hybridized carbons (Fsp3) is 0.0526. The Morgan fingerprint density at radius 3 is 1.26 bits per heavy atom. The van der Waals surface area contributed by atoms with E-state index in [9.17, 15) is 0 Å². The second-order valence-electron chi connectivity index (χ2n) is 5.75. The molecule has 0 N–H and O–H groups in total. The molecular formula is C19H11Cl8FeN3. The van der Waals surface area contributed by atoms with Gasteiger partial charge in [0.2, 0.25) is 0 Å². The van der Waals surface area contributed by atoms with E-state index >= 15 is 0 Å². The average molecular weight is 621 g/mol. The van der Waals surface area contributed by atoms with Gasteiger partial charge in [0.05, 0.1) is 43.9 Å². The minimum absolute atomic E-state index is 0.194. The third kappa shape index (κ3) is 7.72. The van der Waals surface area contributed by atoms with Gasteiger partial charge in [0, 0.05) is 17.1 Å². The summed E-state index contributed by atoms with van der Waals surface area (Å²) in [4.78, 5) is 8.75. The Morgan fingerprint density at radius 2 is 0.968 bits per heavy atom. The van der Waals surface area contributed by atoms with Gasteiger partial charge in [0.1, 0.15) is 11.4 Å². The number of benzene rings is 2. The molecular weight excluding hydrogens is 610 g/mol. The first-order chi connectivity index (χ1) is 14.7. The first-order valence-corrected chi connectivity index (χ1v) is 13.4. The van der Waals surface area contributed by atoms with Gasteiger partial charge < -0.3 is 4.57 Å². The summed E-state index contributed by atoms with van der Waals surface area (Å²) in [7, 11) is 11.4. The summed E-state index contributed by atoms with van der Waals surface area (Å²) in [5.41, 5.74) is 2.53. The Kier molecular flexibility index (Phi) is 11.3. The molecule has 0 aliphatic carbocycles. The monoisotopic (exact) mass is 617 g/mol. The average Bonchev–Trinajstić information content (AvgIpc) is 3.00. The van der Waals surface area contributed by atoms with Crippen molar-refractivity contribution in [3.05, 3.63) is 77.9 Å². The van der Waals surface area contributed by atoms with Crippen LogP contribution in [0.1, 0.15) is 11.4 Å². The van der Waals surface area contributed by atoms with Crippen LogP contribution in [0.4, 0.5) is 11.4 Å². The molecule has 0 unspecified atom stereocenters. The normalized spacial score (nSPS) is 11.4. The number of hydrogen-bond acceptors (Lipinski definition) is 2. The molecule has 0 aliphatic rings. The summed E-state index contributed by atoms with van der Waals surface area (Å²) in [6.45, 7) is 0. The van der Waals surface area contributed by atoms with Crippen molar-refractivity contribution in [1.29, 1.82) is 0 Å². The maximum absolute atomic E-state index is 6.16. The molecule has 0 bridgehead atoms. The zero-order valence-electron chi connectivity index (χ0n) is 15.3. The first kappa shape index (κ1) is 27.1. The summed E-state index contributed by atoms with van der Waals surface area (Å²) >= 11 is 36.7. The van der Waals surface area contributed by atoms with Crippen LogP contribution in [0.25, 0.3) is 0 Å². The van der Waals surface area contributed by atoms with Gasteiger partial charge >= 0.3 is 33.3 Å². The van der Waals surface area contributed by atoms with E-state index in [0.29, 0.717) is 41.5 Å². The summed E-state index contributed by atoms with van der Waals surface area (Å²) in [6, 6.07) is 10.1. The van der Waals surface area contributed by atoms with Crippen molar-refractivity contribution >= 4 is 114 Å². The quantitative estimate of drug-likeness (QED) is 0.205. The molecule has 12 heteroatoms. The van der Waals surface area contributed by atoms with Crippen LogP contribution in [0, 0.1) is 0 Å². The molecule has 0 aliphatic heterocycles. The number of aliphatic imine (C=N–C) groups is 2. The van der Waals surface area contributed by atoms with E-state index in [4.69, 9.17) is 89.8 Å². The van der Waals surface area contributed by atoms with Crippen molar-refractivity contribution in [2.45, 2.75) is 0 Å². The zero-order chi connectivity index (χ0) is 23.1. The second-order valence-corrected chi connectivity index (χ2v) is 10.1. The van der Waals surface area contributed by atoms with Crippen molar-refractivity contribution in [1.82, 2.24) is 4.57 Å². The topological polar surface area (TPSA) is 29.6 Å². The molecule has 0 atom stereocenters. The summed E-state index contributed by atoms with van der Waals surface area (Å²) in [5.74, 6) is 0. The van der Waals surface area contributed by atoms with E-state index < -0.39 is 0 Å². The van der Waals surface area contributed by atoms with Crippen LogP contribution >= 0.6 is 89.8 Å². The van der Waals surface area contributed by atoms with Crippen LogP contribution < -0.4 is 0 Å². The minimum atomic E-state index is 0.194. The molecule has 1 heterocycles. The molecule has 0 saturated heterocycles. The summed E-state index contributed by atoms with van der Waals surface area (Å²) in [6.07, 6.45) is 3.31. The molecule has 3 rings (SSSR count). The van der Waals surface area contributed by atoms with Crippen LogP contribution in [0.15, 0.2) is 46.4 Å². The molecule has 0 radical (unpaired) electrons. The third-order valence-electron chi connectivity index (χ3n) is 3.81. The van der Waals surface area contributed by atoms with Gasteiger partial charge in [-0.05, 0) is 36.4 Å². The predicted molar refractivity (Wildman–Crippen MR) is 135 cm³/mol. The van der Waals surface area contributed by atoms with E-state index in [-0.39, 0.29) is 13.1 Å². The molecule has 3 nitrogen and oxygen atoms in total. The first-order valence-electron chi connectivity index (χ1n) is 8.06. The van der Waals surface area contributed by atoms with Crippen LogP contribution in [0.2, 0.25) is 30.1 Å². The van der Waals surface area contributed by atoms with Gasteiger partial charge in [-0.15, -0.1) is 0 Å². The van der Waals surface area contributed by atoms with E-state index in [0.717, 1.165) is 11.4 Å². The fourth-order valence-electron chi connectivity index (χ4n) is 2.38. The number of rotatable bonds is 4. The van der Waals surface area contributed by atoms with Crippen LogP contribution in [0.3, 0.4) is 0 Å². The van der Waals surface area contributed by atoms with Gasteiger partial charge in [-0.3, -0.25) is 9.98 Å². The van der Waals surface area contributed by atoms with Gasteiger partial charge in [0.15, 0.2) is 0 Å². The van der Waals surface area contributed by atoms with Gasteiger partial charge in [-0.25, -0.2) is 0 Å². The van der Waals surface area contributed by atoms with Crippen molar-refractivity contribution < 1.29 is 13.1 Å². The number of nitrogens with zero attached hydrogens (tertiary/aromatic N) is 3. The molecule has 1 aromatic heterocycles. The zero-order valence-corrected chi connectivity index (χ0v) is 22.5. The summed E-state index contributed by atoms with van der Waals surface area (Å²) in [5, 5.41) is 2.39. The Morgan fingerprint density at radius 1 is 0.677 bits per heavy atom. The predicted octanol–water partition coefficient (Wildman–Crippen LogP) is 9.82. The number of aromatic nitrogens is 1. The Labute approximate surface area is 224 Å². The van der Waals surface area contributed by atoms with Crippen molar-refractivity contribution in [2.24, 2.45) is 17.0 Å². The Balaban J connectivity index is 0.00000107. The Bertz CT molecular complexity index is 996. The van der Waals surface area contributed by atoms with E-state index in [2.05, 4.69) is 9.98 Å². The maximum atomic E-state index is 6.16. The molecule has 166 valence electrons. The van der Waals surface area contributed by atoms with Gasteiger partial charge in [0.25, 0.3) is 0 Å². The third-order valence-corrected chi connectivity index (χ3v) is 5.40. The van der Waals surface area contributed by atoms with Gasteiger partial charge in [-0.1, -0.05) is 69.6 Å². The Hall–Kier alpha value is -0.101. The van der Waals surface area contributed by atoms with Crippen LogP contribution in [-0.4, -0.2) is 17.0 Å². The SMILES string of the molecule is Cn1c(C=Nc2c(Cl)cc(Cl)cc2Cl)ccc1C=Nc1c(Cl)cc(Cl)cc1Cl.[Cl][Fe][Cl]. The second kappa shape index (κ2) is 13.0. The molecule has 0 saturated carbocycles. The molecule has 31 heavy (non-hydrogen) atoms. The van der Waals surface area contributed by atoms with Crippen LogP contribution in [-0.2, 0) is 20.2 Å². The van der Waals surface area contributed by atoms with Crippen molar-refractivity contribution in [2.75, 3.05) is 0 Å². The van der Waals surface area contributed by atoms with Crippen molar-refractivity contribution in [3.63, 3.8) is 0 Å². The van der Waals surface area contributed by atoms with E-state index in [1.807, 2.05) is 23.7 Å². The molecule has 3 aromatic rings. The fourth-order valence-corrected chi connectivity index (χ4v) is 4.21. The van der Waals surface area contributed by atoms with Crippen LogP contribution in [0.5, 0.6) is 0 Å². The molecule has 0 fully saturated rings. The number of halogens is 8. The standard InChI is InChI=1S/C19H11Cl6N3.2ClH.Fe/c1-28-12(8-26-18-14(22)4-10(20)5-15(18)23)2-3-13(28)9-27-19-16(24)6-11(21)7-17(19)25;;;/h2-9H,1H3;2*1H;/q;;;+2/p-2. The van der Waals surface area contributed by atoms with Crippen molar-refractivity contribution in [3.8, 4) is 0 Å². The molecule has 2 aromatic carbocycles. The van der Waals surface area contributed by atoms with Gasteiger partial charge in [-0.2, -0.15) is 0 Å². The number of hydrogen-bond donors (Lipinski definition) is 0.